The molecule has 2 atom stereocenters. The predicted molar refractivity (Wildman–Crippen MR) is 66.3 cm³/mol. The number of benzene rings is 1. The van der Waals surface area contributed by atoms with Crippen LogP contribution in [0.2, 0.25) is 0 Å². The average Bonchev–Trinajstić information content (AvgIpc) is 2.34. The van der Waals surface area contributed by atoms with E-state index in [1.54, 1.807) is 0 Å². The molecular weight excluding hydrogens is 200 g/mol. The first kappa shape index (κ1) is 13.2. The van der Waals surface area contributed by atoms with E-state index in [2.05, 4.69) is 6.92 Å². The van der Waals surface area contributed by atoms with Crippen LogP contribution in [0.1, 0.15) is 38.2 Å². The van der Waals surface area contributed by atoms with Gasteiger partial charge < -0.3 is 10.2 Å². The standard InChI is InChI=1S/C14H22O2/c1-2-3-9-13(15)14(16)11-10-12-7-5-4-6-8-12/h4-8,13-16H,2-3,9-11H2,1H3/t13-,14-/m1/s1. The Morgan fingerprint density at radius 2 is 1.62 bits per heavy atom. The molecule has 2 N–H and O–H groups in total. The van der Waals surface area contributed by atoms with E-state index in [1.807, 2.05) is 30.3 Å². The predicted octanol–water partition coefficient (Wildman–Crippen LogP) is 2.53. The van der Waals surface area contributed by atoms with Crippen LogP contribution in [-0.2, 0) is 6.42 Å². The molecule has 1 aromatic carbocycles. The molecule has 0 spiro atoms. The fraction of sp³-hybridized carbons (Fsp3) is 0.571. The topological polar surface area (TPSA) is 40.5 Å². The number of hydrogen-bond acceptors (Lipinski definition) is 2. The van der Waals surface area contributed by atoms with Crippen molar-refractivity contribution in [2.75, 3.05) is 0 Å². The van der Waals surface area contributed by atoms with Crippen LogP contribution in [0.3, 0.4) is 0 Å². The molecule has 0 aliphatic rings. The number of rotatable bonds is 7. The van der Waals surface area contributed by atoms with Crippen molar-refractivity contribution < 1.29 is 10.2 Å². The fourth-order valence-electron chi connectivity index (χ4n) is 1.76. The summed E-state index contributed by atoms with van der Waals surface area (Å²) in [5.74, 6) is 0. The van der Waals surface area contributed by atoms with E-state index in [9.17, 15) is 10.2 Å². The number of aliphatic hydroxyl groups is 2. The van der Waals surface area contributed by atoms with Crippen LogP contribution < -0.4 is 0 Å². The van der Waals surface area contributed by atoms with E-state index in [4.69, 9.17) is 0 Å². The first-order valence-electron chi connectivity index (χ1n) is 6.14. The van der Waals surface area contributed by atoms with Crippen molar-refractivity contribution in [2.45, 2.75) is 51.2 Å². The van der Waals surface area contributed by atoms with Crippen molar-refractivity contribution in [1.82, 2.24) is 0 Å². The van der Waals surface area contributed by atoms with E-state index in [0.717, 1.165) is 19.3 Å². The second-order valence-corrected chi connectivity index (χ2v) is 4.30. The number of unbranched alkanes of at least 4 members (excludes halogenated alkanes) is 1. The zero-order chi connectivity index (χ0) is 11.8. The third kappa shape index (κ3) is 4.77. The molecule has 0 heterocycles. The highest BCUT2D eigenvalue weighted by Crippen LogP contribution is 2.11. The SMILES string of the molecule is CCCC[C@@H](O)[C@H](O)CCc1ccccc1. The Morgan fingerprint density at radius 1 is 1.00 bits per heavy atom. The van der Waals surface area contributed by atoms with Gasteiger partial charge in [0.05, 0.1) is 12.2 Å². The van der Waals surface area contributed by atoms with Crippen LogP contribution in [0.15, 0.2) is 30.3 Å². The lowest BCUT2D eigenvalue weighted by molar-refractivity contribution is 0.00901. The highest BCUT2D eigenvalue weighted by molar-refractivity contribution is 5.14. The smallest absolute Gasteiger partial charge is 0.0802 e. The molecule has 0 radical (unpaired) electrons. The minimum atomic E-state index is -0.591. The third-order valence-electron chi connectivity index (χ3n) is 2.87. The summed E-state index contributed by atoms with van der Waals surface area (Å²) in [6.07, 6.45) is 3.04. The summed E-state index contributed by atoms with van der Waals surface area (Å²) in [5.41, 5.74) is 1.21. The van der Waals surface area contributed by atoms with Crippen molar-refractivity contribution in [3.8, 4) is 0 Å². The van der Waals surface area contributed by atoms with Crippen LogP contribution >= 0.6 is 0 Å². The minimum absolute atomic E-state index is 0.566. The second-order valence-electron chi connectivity index (χ2n) is 4.30. The van der Waals surface area contributed by atoms with Gasteiger partial charge in [-0.15, -0.1) is 0 Å². The average molecular weight is 222 g/mol. The van der Waals surface area contributed by atoms with Gasteiger partial charge in [-0.2, -0.15) is 0 Å². The molecule has 1 rings (SSSR count). The zero-order valence-electron chi connectivity index (χ0n) is 9.97. The van der Waals surface area contributed by atoms with Gasteiger partial charge in [0.2, 0.25) is 0 Å². The lowest BCUT2D eigenvalue weighted by atomic mass is 10.0. The summed E-state index contributed by atoms with van der Waals surface area (Å²) in [6, 6.07) is 10.1. The Labute approximate surface area is 97.9 Å². The van der Waals surface area contributed by atoms with Crippen LogP contribution in [0, 0.1) is 0 Å². The molecule has 2 heteroatoms. The Kier molecular flexibility index (Phi) is 6.12. The maximum Gasteiger partial charge on any atom is 0.0802 e. The van der Waals surface area contributed by atoms with E-state index >= 15 is 0 Å². The molecule has 0 aliphatic heterocycles. The normalized spacial score (nSPS) is 14.7. The first-order chi connectivity index (χ1) is 7.74. The number of aliphatic hydroxyl groups excluding tert-OH is 2. The maximum absolute atomic E-state index is 9.76. The highest BCUT2D eigenvalue weighted by Gasteiger charge is 2.15. The summed E-state index contributed by atoms with van der Waals surface area (Å²) < 4.78 is 0. The van der Waals surface area contributed by atoms with Gasteiger partial charge >= 0.3 is 0 Å². The highest BCUT2D eigenvalue weighted by atomic mass is 16.3. The van der Waals surface area contributed by atoms with Crippen molar-refractivity contribution >= 4 is 0 Å². The molecule has 0 aliphatic carbocycles. The van der Waals surface area contributed by atoms with Crippen molar-refractivity contribution in [1.29, 1.82) is 0 Å². The van der Waals surface area contributed by atoms with Gasteiger partial charge in [-0.1, -0.05) is 50.1 Å². The van der Waals surface area contributed by atoms with E-state index < -0.39 is 12.2 Å². The molecule has 0 bridgehead atoms. The minimum Gasteiger partial charge on any atom is -0.390 e. The molecule has 1 aromatic rings. The van der Waals surface area contributed by atoms with Crippen LogP contribution in [-0.4, -0.2) is 22.4 Å². The second kappa shape index (κ2) is 7.42. The lowest BCUT2D eigenvalue weighted by Gasteiger charge is -2.17. The fourth-order valence-corrected chi connectivity index (χ4v) is 1.76. The number of hydrogen-bond donors (Lipinski definition) is 2. The third-order valence-corrected chi connectivity index (χ3v) is 2.87. The van der Waals surface area contributed by atoms with Gasteiger partial charge in [-0.05, 0) is 24.8 Å². The van der Waals surface area contributed by atoms with Gasteiger partial charge in [0.1, 0.15) is 0 Å². The Morgan fingerprint density at radius 3 is 2.25 bits per heavy atom. The molecule has 90 valence electrons. The van der Waals surface area contributed by atoms with Crippen LogP contribution in [0.25, 0.3) is 0 Å². The van der Waals surface area contributed by atoms with Gasteiger partial charge in [0, 0.05) is 0 Å². The molecule has 0 saturated carbocycles. The molecule has 0 amide bonds. The molecule has 16 heavy (non-hydrogen) atoms. The maximum atomic E-state index is 9.76. The summed E-state index contributed by atoms with van der Waals surface area (Å²) in [5, 5.41) is 19.4. The largest absolute Gasteiger partial charge is 0.390 e. The molecule has 0 fully saturated rings. The monoisotopic (exact) mass is 222 g/mol. The lowest BCUT2D eigenvalue weighted by Crippen LogP contribution is -2.26. The molecule has 2 nitrogen and oxygen atoms in total. The molecule has 0 aromatic heterocycles. The summed E-state index contributed by atoms with van der Waals surface area (Å²) in [6.45, 7) is 2.09. The van der Waals surface area contributed by atoms with E-state index in [-0.39, 0.29) is 0 Å². The van der Waals surface area contributed by atoms with Crippen LogP contribution in [0.5, 0.6) is 0 Å². The zero-order valence-corrected chi connectivity index (χ0v) is 9.97. The molecule has 0 unspecified atom stereocenters. The molecule has 0 saturated heterocycles. The van der Waals surface area contributed by atoms with Crippen LogP contribution in [0.4, 0.5) is 0 Å². The summed E-state index contributed by atoms with van der Waals surface area (Å²) in [7, 11) is 0. The Hall–Kier alpha value is -0.860. The van der Waals surface area contributed by atoms with E-state index in [1.165, 1.54) is 5.56 Å². The van der Waals surface area contributed by atoms with Gasteiger partial charge in [-0.25, -0.2) is 0 Å². The van der Waals surface area contributed by atoms with Crippen molar-refractivity contribution in [3.63, 3.8) is 0 Å². The Bertz CT molecular complexity index is 271. The quantitative estimate of drug-likeness (QED) is 0.744. The molecular formula is C14H22O2. The summed E-state index contributed by atoms with van der Waals surface area (Å²) >= 11 is 0. The number of aryl methyl sites for hydroxylation is 1. The van der Waals surface area contributed by atoms with Gasteiger partial charge in [0.15, 0.2) is 0 Å². The summed E-state index contributed by atoms with van der Waals surface area (Å²) in [4.78, 5) is 0. The van der Waals surface area contributed by atoms with Gasteiger partial charge in [0.25, 0.3) is 0 Å². The Balaban J connectivity index is 2.26. The van der Waals surface area contributed by atoms with E-state index in [0.29, 0.717) is 12.8 Å². The van der Waals surface area contributed by atoms with Crippen molar-refractivity contribution in [3.05, 3.63) is 35.9 Å². The van der Waals surface area contributed by atoms with Crippen molar-refractivity contribution in [2.24, 2.45) is 0 Å². The van der Waals surface area contributed by atoms with Gasteiger partial charge in [-0.3, -0.25) is 0 Å². The first-order valence-corrected chi connectivity index (χ1v) is 6.14.